The van der Waals surface area contributed by atoms with E-state index in [1.54, 1.807) is 0 Å². The van der Waals surface area contributed by atoms with Gasteiger partial charge in [-0.1, -0.05) is 192 Å². The van der Waals surface area contributed by atoms with Gasteiger partial charge in [0.25, 0.3) is 6.71 Å². The van der Waals surface area contributed by atoms with Crippen LogP contribution in [0.1, 0.15) is 105 Å². The lowest BCUT2D eigenvalue weighted by Gasteiger charge is -2.55. The molecule has 0 radical (unpaired) electrons. The van der Waals surface area contributed by atoms with Gasteiger partial charge in [-0.3, -0.25) is 0 Å². The van der Waals surface area contributed by atoms with E-state index in [9.17, 15) is 0 Å². The van der Waals surface area contributed by atoms with E-state index in [4.69, 9.17) is 8.83 Å². The Balaban J connectivity index is 1.10. The molecule has 11 aromatic rings. The van der Waals surface area contributed by atoms with E-state index in [1.807, 2.05) is 0 Å². The summed E-state index contributed by atoms with van der Waals surface area (Å²) in [5.74, 6) is 0. The first-order valence-electron chi connectivity index (χ1n) is 28.1. The monoisotopic (exact) mass is 992 g/mol. The van der Waals surface area contributed by atoms with Crippen LogP contribution in [0, 0.1) is 0 Å². The van der Waals surface area contributed by atoms with Crippen molar-refractivity contribution in [1.82, 2.24) is 0 Å². The molecule has 17 rings (SSSR count). The number of fused-ring (bicyclic) bond motifs is 22. The third-order valence-corrected chi connectivity index (χ3v) is 19.0. The molecular formula is C70H59B3N2O2. The van der Waals surface area contributed by atoms with Crippen molar-refractivity contribution in [3.05, 3.63) is 162 Å². The summed E-state index contributed by atoms with van der Waals surface area (Å²) in [4.78, 5) is 5.68. The van der Waals surface area contributed by atoms with Crippen molar-refractivity contribution in [3.63, 3.8) is 0 Å². The maximum atomic E-state index is 7.20. The molecule has 9 aromatic carbocycles. The highest BCUT2D eigenvalue weighted by molar-refractivity contribution is 7.06. The fourth-order valence-electron chi connectivity index (χ4n) is 15.2. The number of rotatable bonds is 0. The second-order valence-corrected chi connectivity index (χ2v) is 27.6. The van der Waals surface area contributed by atoms with Gasteiger partial charge < -0.3 is 18.5 Å². The molecule has 0 unspecified atom stereocenters. The molecule has 0 bridgehead atoms. The van der Waals surface area contributed by atoms with Crippen molar-refractivity contribution in [2.45, 2.75) is 105 Å². The van der Waals surface area contributed by atoms with Crippen molar-refractivity contribution in [2.24, 2.45) is 0 Å². The minimum atomic E-state index is -0.157. The lowest BCUT2D eigenvalue weighted by atomic mass is 9.28. The summed E-state index contributed by atoms with van der Waals surface area (Å²) in [6.45, 7) is 28.2. The maximum absolute atomic E-state index is 7.20. The first kappa shape index (κ1) is 44.5. The molecule has 370 valence electrons. The average molecular weight is 993 g/mol. The van der Waals surface area contributed by atoms with E-state index < -0.39 is 0 Å². The summed E-state index contributed by atoms with van der Waals surface area (Å²) < 4.78 is 14.4. The van der Waals surface area contributed by atoms with Crippen LogP contribution in [0.15, 0.2) is 148 Å². The predicted octanol–water partition coefficient (Wildman–Crippen LogP) is 13.6. The Morgan fingerprint density at radius 2 is 0.727 bits per heavy atom. The van der Waals surface area contributed by atoms with Gasteiger partial charge in [0.05, 0.1) is 0 Å². The topological polar surface area (TPSA) is 32.8 Å². The summed E-state index contributed by atoms with van der Waals surface area (Å²) >= 11 is 0. The molecule has 0 saturated heterocycles. The van der Waals surface area contributed by atoms with Gasteiger partial charge in [-0.2, -0.15) is 0 Å². The van der Waals surface area contributed by atoms with E-state index in [0.717, 1.165) is 33.1 Å². The Morgan fingerprint density at radius 3 is 1.14 bits per heavy atom. The number of hydrogen-bond acceptors (Lipinski definition) is 4. The summed E-state index contributed by atoms with van der Waals surface area (Å²) in [7, 11) is 0. The van der Waals surface area contributed by atoms with Gasteiger partial charge in [0.2, 0.25) is 0 Å². The minimum Gasteiger partial charge on any atom is -0.455 e. The van der Waals surface area contributed by atoms with Crippen molar-refractivity contribution in [3.8, 4) is 44.5 Å². The lowest BCUT2D eigenvalue weighted by molar-refractivity contribution is 0.590. The van der Waals surface area contributed by atoms with E-state index >= 15 is 0 Å². The first-order chi connectivity index (χ1) is 36.7. The highest BCUT2D eigenvalue weighted by atomic mass is 16.3. The standard InChI is InChI=1S/C70H59B3N2O2/c1-67(2,3)36-21-23-40-46-35-47-41-24-22-37(68(4,5)6)32-53(41)73-51-28-26-45-43-18-14-16-20-57(43)77-66(45)59(51)49-30-39(70(10,11)12)34-55-62(49)75(73)64(47)60-63(46)74-61-48(29-38(69(7,8)9)33-54(61)71(55)60)58-50(72(74)52(40)31-36)27-25-44-42-17-13-15-19-56(42)76-65(44)58/h13-35H,1-12H3. The van der Waals surface area contributed by atoms with E-state index in [2.05, 4.69) is 232 Å². The van der Waals surface area contributed by atoms with Gasteiger partial charge in [-0.25, -0.2) is 0 Å². The summed E-state index contributed by atoms with van der Waals surface area (Å²) in [5, 5.41) is 4.66. The van der Waals surface area contributed by atoms with Gasteiger partial charge in [-0.15, -0.1) is 0 Å². The number of benzene rings is 9. The Kier molecular flexibility index (Phi) is 8.04. The Morgan fingerprint density at radius 1 is 0.325 bits per heavy atom. The van der Waals surface area contributed by atoms with Crippen molar-refractivity contribution >= 4 is 125 Å². The number of anilines is 4. The largest absolute Gasteiger partial charge is 0.455 e. The fourth-order valence-corrected chi connectivity index (χ4v) is 15.2. The highest BCUT2D eigenvalue weighted by Crippen LogP contribution is 2.58. The first-order valence-corrected chi connectivity index (χ1v) is 28.1. The molecule has 0 aliphatic carbocycles. The summed E-state index contributed by atoms with van der Waals surface area (Å²) in [6.07, 6.45) is 0. The molecule has 0 saturated carbocycles. The minimum absolute atomic E-state index is 0.0571. The van der Waals surface area contributed by atoms with Crippen LogP contribution in [0.25, 0.3) is 88.4 Å². The second kappa shape index (κ2) is 13.9. The number of para-hydroxylation sites is 2. The molecule has 0 spiro atoms. The molecule has 6 aliphatic heterocycles. The molecule has 77 heavy (non-hydrogen) atoms. The molecule has 0 amide bonds. The molecule has 7 heteroatoms. The number of hydrogen-bond donors (Lipinski definition) is 0. The highest BCUT2D eigenvalue weighted by Gasteiger charge is 2.57. The molecule has 0 fully saturated rings. The third-order valence-electron chi connectivity index (χ3n) is 19.0. The van der Waals surface area contributed by atoms with Crippen LogP contribution in [0.3, 0.4) is 0 Å². The maximum Gasteiger partial charge on any atom is 0.329 e. The average Bonchev–Trinajstić information content (AvgIpc) is 3.71. The van der Waals surface area contributed by atoms with Gasteiger partial charge >= 0.3 is 13.7 Å². The number of furan rings is 2. The molecule has 4 nitrogen and oxygen atoms in total. The second-order valence-electron chi connectivity index (χ2n) is 27.6. The van der Waals surface area contributed by atoms with Crippen LogP contribution in [0.2, 0.25) is 0 Å². The van der Waals surface area contributed by atoms with Crippen molar-refractivity contribution < 1.29 is 8.83 Å². The quantitative estimate of drug-likeness (QED) is 0.142. The molecule has 8 heterocycles. The molecule has 2 aromatic heterocycles. The van der Waals surface area contributed by atoms with E-state index in [-0.39, 0.29) is 42.1 Å². The number of nitrogens with zero attached hydrogens (tertiary/aromatic N) is 2. The van der Waals surface area contributed by atoms with Gasteiger partial charge in [0.15, 0.2) is 0 Å². The normalized spacial score (nSPS) is 15.1. The van der Waals surface area contributed by atoms with Crippen LogP contribution in [-0.2, 0) is 21.7 Å². The van der Waals surface area contributed by atoms with Crippen LogP contribution in [-0.4, -0.2) is 20.4 Å². The van der Waals surface area contributed by atoms with Crippen LogP contribution in [0.4, 0.5) is 22.7 Å². The zero-order valence-corrected chi connectivity index (χ0v) is 46.2. The van der Waals surface area contributed by atoms with Crippen LogP contribution < -0.4 is 47.9 Å². The predicted molar refractivity (Wildman–Crippen MR) is 329 cm³/mol. The van der Waals surface area contributed by atoms with Crippen molar-refractivity contribution in [1.29, 1.82) is 0 Å². The summed E-state index contributed by atoms with van der Waals surface area (Å²) in [6, 6.07) is 54.8. The zero-order chi connectivity index (χ0) is 52.5. The summed E-state index contributed by atoms with van der Waals surface area (Å²) in [5.41, 5.74) is 33.9. The van der Waals surface area contributed by atoms with Crippen LogP contribution in [0.5, 0.6) is 0 Å². The SMILES string of the molecule is CC(C)(C)c1ccc2c(c1)B1c3ccc4c(oc5ccccc54)c3-c3cc(C(C)(C)C)cc4c3N1c1c-2cc2c3c1B4c1cc(C(C)(C)C)cc4c1N3B(c1cc(C(C)(C)C)ccc1-2)c1ccc2c(oc3ccccc32)c1-4. The Bertz CT molecular complexity index is 4310. The van der Waals surface area contributed by atoms with Crippen molar-refractivity contribution in [2.75, 3.05) is 9.62 Å². The molecule has 0 atom stereocenters. The van der Waals surface area contributed by atoms with Gasteiger partial charge in [-0.05, 0) is 124 Å². The van der Waals surface area contributed by atoms with Gasteiger partial charge in [0.1, 0.15) is 22.3 Å². The molecule has 6 aliphatic rings. The van der Waals surface area contributed by atoms with Gasteiger partial charge in [0, 0.05) is 77.7 Å². The Hall–Kier alpha value is -7.63. The Labute approximate surface area is 452 Å². The van der Waals surface area contributed by atoms with Crippen LogP contribution >= 0.6 is 0 Å². The molecular weight excluding hydrogens is 933 g/mol. The fraction of sp³-hybridized carbons (Fsp3) is 0.229. The molecule has 0 N–H and O–H groups in total. The third kappa shape index (κ3) is 5.48. The zero-order valence-electron chi connectivity index (χ0n) is 46.2. The van der Waals surface area contributed by atoms with E-state index in [1.165, 1.54) is 139 Å². The van der Waals surface area contributed by atoms with E-state index in [0.29, 0.717) is 0 Å². The lowest BCUT2D eigenvalue weighted by Crippen LogP contribution is -2.72. The smallest absolute Gasteiger partial charge is 0.329 e.